The Bertz CT molecular complexity index is 1020. The van der Waals surface area contributed by atoms with Crippen molar-refractivity contribution in [2.24, 2.45) is 0 Å². The molecule has 4 rings (SSSR count). The number of rotatable bonds is 5. The summed E-state index contributed by atoms with van der Waals surface area (Å²) in [5, 5.41) is 12.3. The summed E-state index contributed by atoms with van der Waals surface area (Å²) < 4.78 is 5.28. The average Bonchev–Trinajstić information content (AvgIpc) is 2.95. The van der Waals surface area contributed by atoms with Crippen LogP contribution in [0.5, 0.6) is 5.75 Å². The zero-order valence-corrected chi connectivity index (χ0v) is 16.2. The SMILES string of the molecule is COc1cccc(CCN2C(=O)c3ccccc3C2(O)c2ccc(Cl)cc2)c1. The molecule has 3 aromatic rings. The zero-order chi connectivity index (χ0) is 19.7. The molecule has 142 valence electrons. The Morgan fingerprint density at radius 2 is 1.79 bits per heavy atom. The van der Waals surface area contributed by atoms with Crippen molar-refractivity contribution in [3.8, 4) is 5.75 Å². The van der Waals surface area contributed by atoms with Gasteiger partial charge < -0.3 is 14.7 Å². The molecule has 0 radical (unpaired) electrons. The highest BCUT2D eigenvalue weighted by atomic mass is 35.5. The average molecular weight is 394 g/mol. The van der Waals surface area contributed by atoms with E-state index in [2.05, 4.69) is 0 Å². The van der Waals surface area contributed by atoms with E-state index in [0.29, 0.717) is 34.7 Å². The van der Waals surface area contributed by atoms with Crippen molar-refractivity contribution < 1.29 is 14.6 Å². The van der Waals surface area contributed by atoms with Gasteiger partial charge in [0.1, 0.15) is 5.75 Å². The molecule has 28 heavy (non-hydrogen) atoms. The summed E-state index contributed by atoms with van der Waals surface area (Å²) in [7, 11) is 1.62. The molecule has 1 N–H and O–H groups in total. The molecular formula is C23H20ClNO3. The third-order valence-corrected chi connectivity index (χ3v) is 5.43. The Morgan fingerprint density at radius 3 is 2.54 bits per heavy atom. The molecular weight excluding hydrogens is 374 g/mol. The number of hydrogen-bond donors (Lipinski definition) is 1. The fourth-order valence-corrected chi connectivity index (χ4v) is 3.86. The molecule has 5 heteroatoms. The molecule has 1 atom stereocenters. The van der Waals surface area contributed by atoms with Gasteiger partial charge in [0.15, 0.2) is 5.72 Å². The largest absolute Gasteiger partial charge is 0.497 e. The smallest absolute Gasteiger partial charge is 0.257 e. The van der Waals surface area contributed by atoms with Crippen molar-refractivity contribution in [2.45, 2.75) is 12.1 Å². The van der Waals surface area contributed by atoms with Crippen molar-refractivity contribution in [3.05, 3.63) is 100 Å². The summed E-state index contributed by atoms with van der Waals surface area (Å²) in [6, 6.07) is 21.9. The van der Waals surface area contributed by atoms with Gasteiger partial charge in [-0.05, 0) is 42.3 Å². The van der Waals surface area contributed by atoms with Crippen LogP contribution < -0.4 is 4.74 Å². The highest BCUT2D eigenvalue weighted by molar-refractivity contribution is 6.30. The van der Waals surface area contributed by atoms with Crippen LogP contribution in [-0.4, -0.2) is 29.6 Å². The molecule has 0 aromatic heterocycles. The van der Waals surface area contributed by atoms with Crippen molar-refractivity contribution in [1.29, 1.82) is 0 Å². The van der Waals surface area contributed by atoms with Crippen molar-refractivity contribution >= 4 is 17.5 Å². The first-order valence-electron chi connectivity index (χ1n) is 9.07. The number of nitrogens with zero attached hydrogens (tertiary/aromatic N) is 1. The van der Waals surface area contributed by atoms with Crippen LogP contribution >= 0.6 is 11.6 Å². The minimum atomic E-state index is -1.53. The highest BCUT2D eigenvalue weighted by Gasteiger charge is 2.49. The Kier molecular flexibility index (Phi) is 4.84. The van der Waals surface area contributed by atoms with Crippen molar-refractivity contribution in [1.82, 2.24) is 4.90 Å². The van der Waals surface area contributed by atoms with E-state index in [4.69, 9.17) is 16.3 Å². The Morgan fingerprint density at radius 1 is 1.04 bits per heavy atom. The molecule has 0 saturated heterocycles. The van der Waals surface area contributed by atoms with E-state index in [1.165, 1.54) is 4.90 Å². The second kappa shape index (κ2) is 7.30. The number of hydrogen-bond acceptors (Lipinski definition) is 3. The molecule has 1 aliphatic rings. The van der Waals surface area contributed by atoms with E-state index < -0.39 is 5.72 Å². The van der Waals surface area contributed by atoms with E-state index in [-0.39, 0.29) is 5.91 Å². The molecule has 0 saturated carbocycles. The zero-order valence-electron chi connectivity index (χ0n) is 15.4. The molecule has 1 unspecified atom stereocenters. The quantitative estimate of drug-likeness (QED) is 0.705. The molecule has 1 heterocycles. The summed E-state index contributed by atoms with van der Waals surface area (Å²) in [5.74, 6) is 0.581. The second-order valence-electron chi connectivity index (χ2n) is 6.78. The number of ether oxygens (including phenoxy) is 1. The lowest BCUT2D eigenvalue weighted by Crippen LogP contribution is -2.45. The van der Waals surface area contributed by atoms with Crippen molar-refractivity contribution in [2.75, 3.05) is 13.7 Å². The van der Waals surface area contributed by atoms with Crippen LogP contribution in [0.4, 0.5) is 0 Å². The maximum atomic E-state index is 13.1. The van der Waals surface area contributed by atoms with E-state index >= 15 is 0 Å². The van der Waals surface area contributed by atoms with Crippen LogP contribution in [0.1, 0.15) is 27.0 Å². The third-order valence-electron chi connectivity index (χ3n) is 5.17. The van der Waals surface area contributed by atoms with Gasteiger partial charge in [0.05, 0.1) is 7.11 Å². The molecule has 0 spiro atoms. The molecule has 0 bridgehead atoms. The Balaban J connectivity index is 1.72. The minimum Gasteiger partial charge on any atom is -0.497 e. The standard InChI is InChI=1S/C23H20ClNO3/c1-28-19-6-4-5-16(15-19)13-14-25-22(26)20-7-2-3-8-21(20)23(25,27)17-9-11-18(24)12-10-17/h2-12,15,27H,13-14H2,1H3. The highest BCUT2D eigenvalue weighted by Crippen LogP contribution is 2.42. The monoisotopic (exact) mass is 393 g/mol. The summed E-state index contributed by atoms with van der Waals surface area (Å²) in [6.45, 7) is 0.361. The molecule has 0 aliphatic carbocycles. The van der Waals surface area contributed by atoms with Gasteiger partial charge in [-0.1, -0.05) is 54.1 Å². The second-order valence-corrected chi connectivity index (χ2v) is 7.22. The molecule has 3 aromatic carbocycles. The Labute approximate surface area is 168 Å². The predicted octanol–water partition coefficient (Wildman–Crippen LogP) is 4.24. The van der Waals surface area contributed by atoms with E-state index in [1.54, 1.807) is 43.5 Å². The fraction of sp³-hybridized carbons (Fsp3) is 0.174. The van der Waals surface area contributed by atoms with Gasteiger partial charge in [-0.25, -0.2) is 0 Å². The van der Waals surface area contributed by atoms with Gasteiger partial charge in [-0.15, -0.1) is 0 Å². The number of methoxy groups -OCH3 is 1. The van der Waals surface area contributed by atoms with Crippen LogP contribution in [0.3, 0.4) is 0 Å². The summed E-state index contributed by atoms with van der Waals surface area (Å²) in [5.41, 5.74) is 1.22. The minimum absolute atomic E-state index is 0.184. The summed E-state index contributed by atoms with van der Waals surface area (Å²) in [6.07, 6.45) is 0.590. The first kappa shape index (κ1) is 18.5. The predicted molar refractivity (Wildman–Crippen MR) is 109 cm³/mol. The van der Waals surface area contributed by atoms with Gasteiger partial charge >= 0.3 is 0 Å². The van der Waals surface area contributed by atoms with E-state index in [9.17, 15) is 9.90 Å². The maximum Gasteiger partial charge on any atom is 0.257 e. The number of amides is 1. The number of carbonyl (C=O) groups is 1. The number of aliphatic hydroxyl groups is 1. The lowest BCUT2D eigenvalue weighted by Gasteiger charge is -2.35. The number of halogens is 1. The lowest BCUT2D eigenvalue weighted by atomic mass is 9.93. The number of carbonyl (C=O) groups excluding carboxylic acids is 1. The summed E-state index contributed by atoms with van der Waals surface area (Å²) in [4.78, 5) is 14.6. The first-order chi connectivity index (χ1) is 13.5. The Hall–Kier alpha value is -2.82. The van der Waals surface area contributed by atoms with Gasteiger partial charge in [-0.2, -0.15) is 0 Å². The first-order valence-corrected chi connectivity index (χ1v) is 9.44. The normalized spacial score (nSPS) is 18.2. The number of benzene rings is 3. The van der Waals surface area contributed by atoms with E-state index in [0.717, 1.165) is 11.3 Å². The fourth-order valence-electron chi connectivity index (χ4n) is 3.74. The molecule has 1 amide bonds. The maximum absolute atomic E-state index is 13.1. The van der Waals surface area contributed by atoms with Crippen LogP contribution in [-0.2, 0) is 12.1 Å². The van der Waals surface area contributed by atoms with Crippen LogP contribution in [0, 0.1) is 0 Å². The third kappa shape index (κ3) is 3.05. The summed E-state index contributed by atoms with van der Waals surface area (Å²) >= 11 is 6.02. The van der Waals surface area contributed by atoms with Crippen LogP contribution in [0.2, 0.25) is 5.02 Å². The van der Waals surface area contributed by atoms with Gasteiger partial charge in [0, 0.05) is 28.3 Å². The molecule has 4 nitrogen and oxygen atoms in total. The van der Waals surface area contributed by atoms with Gasteiger partial charge in [-0.3, -0.25) is 4.79 Å². The van der Waals surface area contributed by atoms with Gasteiger partial charge in [0.2, 0.25) is 0 Å². The molecule has 0 fully saturated rings. The van der Waals surface area contributed by atoms with Crippen LogP contribution in [0.25, 0.3) is 0 Å². The van der Waals surface area contributed by atoms with Crippen LogP contribution in [0.15, 0.2) is 72.8 Å². The van der Waals surface area contributed by atoms with Crippen molar-refractivity contribution in [3.63, 3.8) is 0 Å². The number of fused-ring (bicyclic) bond motifs is 1. The van der Waals surface area contributed by atoms with E-state index in [1.807, 2.05) is 36.4 Å². The molecule has 1 aliphatic heterocycles. The topological polar surface area (TPSA) is 49.8 Å². The van der Waals surface area contributed by atoms with Gasteiger partial charge in [0.25, 0.3) is 5.91 Å². The lowest BCUT2D eigenvalue weighted by molar-refractivity contribution is -0.0493.